The summed E-state index contributed by atoms with van der Waals surface area (Å²) in [4.78, 5) is 0. The van der Waals surface area contributed by atoms with E-state index in [-0.39, 0.29) is 0 Å². The molecule has 0 saturated heterocycles. The monoisotopic (exact) mass is 378 g/mol. The Morgan fingerprint density at radius 1 is 0.679 bits per heavy atom. The van der Waals surface area contributed by atoms with Crippen molar-refractivity contribution in [2.24, 2.45) is 0 Å². The fourth-order valence-corrected chi connectivity index (χ4v) is 4.00. The number of aryl methyl sites for hydroxylation is 1. The van der Waals surface area contributed by atoms with Crippen LogP contribution in [0.1, 0.15) is 63.9 Å². The minimum atomic E-state index is 0.772. The molecule has 0 bridgehead atoms. The minimum Gasteiger partial charge on any atom is -0.495 e. The zero-order valence-corrected chi connectivity index (χ0v) is 17.7. The molecular formula is C26H34O2. The highest BCUT2D eigenvalue weighted by molar-refractivity contribution is 6.11. The van der Waals surface area contributed by atoms with Gasteiger partial charge in [0.25, 0.3) is 0 Å². The van der Waals surface area contributed by atoms with Gasteiger partial charge in [-0.05, 0) is 19.4 Å². The largest absolute Gasteiger partial charge is 0.495 e. The van der Waals surface area contributed by atoms with Crippen LogP contribution < -0.4 is 9.47 Å². The Morgan fingerprint density at radius 2 is 1.29 bits per heavy atom. The van der Waals surface area contributed by atoms with Crippen LogP contribution in [0.15, 0.2) is 42.5 Å². The average molecular weight is 379 g/mol. The molecule has 0 aliphatic heterocycles. The molecule has 3 rings (SSSR count). The molecule has 0 radical (unpaired) electrons. The molecule has 0 N–H and O–H groups in total. The van der Waals surface area contributed by atoms with Gasteiger partial charge < -0.3 is 9.47 Å². The highest BCUT2D eigenvalue weighted by Gasteiger charge is 2.15. The Labute approximate surface area is 169 Å². The summed E-state index contributed by atoms with van der Waals surface area (Å²) in [5.74, 6) is 1.93. The summed E-state index contributed by atoms with van der Waals surface area (Å²) >= 11 is 0. The number of benzene rings is 3. The molecule has 2 nitrogen and oxygen atoms in total. The number of fused-ring (bicyclic) bond motifs is 2. The molecule has 150 valence electrons. The number of unbranched alkanes of at least 4 members (excludes halogenated alkanes) is 7. The third-order valence-electron chi connectivity index (χ3n) is 5.53. The van der Waals surface area contributed by atoms with Gasteiger partial charge in [0.15, 0.2) is 0 Å². The lowest BCUT2D eigenvalue weighted by Gasteiger charge is -2.17. The second-order valence-electron chi connectivity index (χ2n) is 7.78. The van der Waals surface area contributed by atoms with Crippen LogP contribution >= 0.6 is 0 Å². The second-order valence-corrected chi connectivity index (χ2v) is 7.78. The highest BCUT2D eigenvalue weighted by atomic mass is 16.5. The number of hydrogen-bond acceptors (Lipinski definition) is 2. The maximum absolute atomic E-state index is 6.36. The SMILES string of the molecule is CCCCCCCCCCOc1c2ccccc2c(OC)c2cc(C)ccc12. The van der Waals surface area contributed by atoms with E-state index in [0.29, 0.717) is 0 Å². The first kappa shape index (κ1) is 20.5. The van der Waals surface area contributed by atoms with Gasteiger partial charge in [-0.2, -0.15) is 0 Å². The van der Waals surface area contributed by atoms with Gasteiger partial charge in [-0.3, -0.25) is 0 Å². The molecule has 2 heteroatoms. The van der Waals surface area contributed by atoms with E-state index in [2.05, 4.69) is 56.3 Å². The quantitative estimate of drug-likeness (QED) is 0.250. The van der Waals surface area contributed by atoms with Crippen molar-refractivity contribution in [1.82, 2.24) is 0 Å². The molecule has 0 unspecified atom stereocenters. The lowest BCUT2D eigenvalue weighted by molar-refractivity contribution is 0.310. The molecule has 0 amide bonds. The molecule has 3 aromatic carbocycles. The maximum Gasteiger partial charge on any atom is 0.135 e. The Bertz CT molecular complexity index is 898. The van der Waals surface area contributed by atoms with Crippen LogP contribution in [-0.4, -0.2) is 13.7 Å². The van der Waals surface area contributed by atoms with E-state index < -0.39 is 0 Å². The van der Waals surface area contributed by atoms with Crippen LogP contribution in [0.2, 0.25) is 0 Å². The molecule has 0 saturated carbocycles. The molecule has 0 spiro atoms. The van der Waals surface area contributed by atoms with Crippen LogP contribution in [0.25, 0.3) is 21.5 Å². The summed E-state index contributed by atoms with van der Waals surface area (Å²) in [7, 11) is 1.75. The molecule has 28 heavy (non-hydrogen) atoms. The van der Waals surface area contributed by atoms with E-state index in [1.165, 1.54) is 50.5 Å². The molecule has 0 heterocycles. The van der Waals surface area contributed by atoms with Crippen molar-refractivity contribution in [3.05, 3.63) is 48.0 Å². The zero-order chi connectivity index (χ0) is 19.8. The summed E-state index contributed by atoms with van der Waals surface area (Å²) in [6, 6.07) is 14.9. The lowest BCUT2D eigenvalue weighted by atomic mass is 9.99. The van der Waals surface area contributed by atoms with E-state index >= 15 is 0 Å². The second kappa shape index (κ2) is 10.4. The number of rotatable bonds is 11. The molecule has 0 aromatic heterocycles. The topological polar surface area (TPSA) is 18.5 Å². The Hall–Kier alpha value is -2.22. The summed E-state index contributed by atoms with van der Waals surface area (Å²) in [5, 5.41) is 4.53. The molecule has 0 aliphatic carbocycles. The summed E-state index contributed by atoms with van der Waals surface area (Å²) in [6.45, 7) is 5.16. The van der Waals surface area contributed by atoms with E-state index in [1.807, 2.05) is 0 Å². The van der Waals surface area contributed by atoms with Crippen molar-refractivity contribution in [2.45, 2.75) is 65.2 Å². The maximum atomic E-state index is 6.36. The van der Waals surface area contributed by atoms with Gasteiger partial charge in [-0.25, -0.2) is 0 Å². The number of ether oxygens (including phenoxy) is 2. The van der Waals surface area contributed by atoms with E-state index in [0.717, 1.165) is 46.1 Å². The first-order valence-electron chi connectivity index (χ1n) is 10.9. The van der Waals surface area contributed by atoms with Crippen LogP contribution in [0, 0.1) is 6.92 Å². The highest BCUT2D eigenvalue weighted by Crippen LogP contribution is 2.42. The van der Waals surface area contributed by atoms with Crippen molar-refractivity contribution in [2.75, 3.05) is 13.7 Å². The fraction of sp³-hybridized carbons (Fsp3) is 0.462. The molecule has 0 aliphatic rings. The minimum absolute atomic E-state index is 0.772. The van der Waals surface area contributed by atoms with Crippen molar-refractivity contribution >= 4 is 21.5 Å². The van der Waals surface area contributed by atoms with Crippen molar-refractivity contribution < 1.29 is 9.47 Å². The first-order valence-corrected chi connectivity index (χ1v) is 10.9. The van der Waals surface area contributed by atoms with Gasteiger partial charge in [0.2, 0.25) is 0 Å². The van der Waals surface area contributed by atoms with Crippen LogP contribution in [0.4, 0.5) is 0 Å². The molecule has 3 aromatic rings. The smallest absolute Gasteiger partial charge is 0.135 e. The van der Waals surface area contributed by atoms with Crippen LogP contribution in [0.5, 0.6) is 11.5 Å². The Morgan fingerprint density at radius 3 is 1.96 bits per heavy atom. The molecule has 0 atom stereocenters. The van der Waals surface area contributed by atoms with Gasteiger partial charge in [0.1, 0.15) is 11.5 Å². The average Bonchev–Trinajstić information content (AvgIpc) is 2.71. The number of hydrogen-bond donors (Lipinski definition) is 0. The van der Waals surface area contributed by atoms with Crippen molar-refractivity contribution in [1.29, 1.82) is 0 Å². The van der Waals surface area contributed by atoms with Crippen molar-refractivity contribution in [3.8, 4) is 11.5 Å². The summed E-state index contributed by atoms with van der Waals surface area (Å²) in [6.07, 6.45) is 10.5. The van der Waals surface area contributed by atoms with Crippen LogP contribution in [-0.2, 0) is 0 Å². The zero-order valence-electron chi connectivity index (χ0n) is 17.7. The van der Waals surface area contributed by atoms with Gasteiger partial charge in [-0.15, -0.1) is 0 Å². The fourth-order valence-electron chi connectivity index (χ4n) is 4.00. The standard InChI is InChI=1S/C26H34O2/c1-4-5-6-7-8-9-10-13-18-28-26-22-15-12-11-14-21(22)25(27-3)24-19-20(2)16-17-23(24)26/h11-12,14-17,19H,4-10,13,18H2,1-3H3. The van der Waals surface area contributed by atoms with Gasteiger partial charge in [-0.1, -0.05) is 93.8 Å². The summed E-state index contributed by atoms with van der Waals surface area (Å²) < 4.78 is 12.2. The van der Waals surface area contributed by atoms with E-state index in [9.17, 15) is 0 Å². The van der Waals surface area contributed by atoms with Gasteiger partial charge >= 0.3 is 0 Å². The van der Waals surface area contributed by atoms with Crippen LogP contribution in [0.3, 0.4) is 0 Å². The Kier molecular flexibility index (Phi) is 7.59. The predicted molar refractivity (Wildman–Crippen MR) is 121 cm³/mol. The number of methoxy groups -OCH3 is 1. The third kappa shape index (κ3) is 4.79. The van der Waals surface area contributed by atoms with Gasteiger partial charge in [0, 0.05) is 21.5 Å². The predicted octanol–water partition coefficient (Wildman–Crippen LogP) is 7.83. The van der Waals surface area contributed by atoms with E-state index in [4.69, 9.17) is 9.47 Å². The first-order chi connectivity index (χ1) is 13.8. The van der Waals surface area contributed by atoms with Crippen molar-refractivity contribution in [3.63, 3.8) is 0 Å². The molecular weight excluding hydrogens is 344 g/mol. The molecule has 0 fully saturated rings. The van der Waals surface area contributed by atoms with Gasteiger partial charge in [0.05, 0.1) is 13.7 Å². The third-order valence-corrected chi connectivity index (χ3v) is 5.53. The summed E-state index contributed by atoms with van der Waals surface area (Å²) in [5.41, 5.74) is 1.23. The normalized spacial score (nSPS) is 11.2. The Balaban J connectivity index is 1.73. The lowest BCUT2D eigenvalue weighted by Crippen LogP contribution is -2.00. The van der Waals surface area contributed by atoms with E-state index in [1.54, 1.807) is 7.11 Å².